The summed E-state index contributed by atoms with van der Waals surface area (Å²) in [6, 6.07) is -0.270. The van der Waals surface area contributed by atoms with Gasteiger partial charge in [0.15, 0.2) is 0 Å². The van der Waals surface area contributed by atoms with Crippen LogP contribution < -0.4 is 21.3 Å². The molecule has 9 heteroatoms. The van der Waals surface area contributed by atoms with Crippen LogP contribution in [0.4, 0.5) is 4.79 Å². The number of likely N-dealkylation sites (N-methyl/N-ethyl adjacent to an activating group) is 2. The van der Waals surface area contributed by atoms with Crippen molar-refractivity contribution in [3.63, 3.8) is 0 Å². The van der Waals surface area contributed by atoms with E-state index in [4.69, 9.17) is 4.74 Å². The van der Waals surface area contributed by atoms with Crippen molar-refractivity contribution >= 4 is 24.2 Å². The quantitative estimate of drug-likeness (QED) is 0.454. The third kappa shape index (κ3) is 14.8. The van der Waals surface area contributed by atoms with Gasteiger partial charge in [-0.05, 0) is 46.6 Å². The Hall–Kier alpha value is -2.16. The van der Waals surface area contributed by atoms with Crippen molar-refractivity contribution in [2.45, 2.75) is 84.3 Å². The van der Waals surface area contributed by atoms with Crippen molar-refractivity contribution in [3.05, 3.63) is 0 Å². The Morgan fingerprint density at radius 3 is 2.16 bits per heavy atom. The molecule has 0 radical (unpaired) electrons. The van der Waals surface area contributed by atoms with Crippen LogP contribution in [0.15, 0.2) is 0 Å². The molecule has 3 amide bonds. The van der Waals surface area contributed by atoms with Crippen molar-refractivity contribution in [1.82, 2.24) is 21.3 Å². The number of hydrogen-bond acceptors (Lipinski definition) is 6. The van der Waals surface area contributed by atoms with Gasteiger partial charge in [-0.3, -0.25) is 9.59 Å². The fraction of sp³-hybridized carbons (Fsp3) is 0.826. The van der Waals surface area contributed by atoms with Crippen molar-refractivity contribution in [2.75, 3.05) is 27.2 Å². The van der Waals surface area contributed by atoms with Gasteiger partial charge in [0.1, 0.15) is 11.9 Å². The largest absolute Gasteiger partial charge is 0.444 e. The highest BCUT2D eigenvalue weighted by atomic mass is 16.6. The number of nitrogens with one attached hydrogen (secondary N) is 4. The zero-order valence-electron chi connectivity index (χ0n) is 20.7. The predicted octanol–water partition coefficient (Wildman–Crippen LogP) is 2.14. The SMILES string of the molecule is CC(C)(C)OC(=O)NCC=O.CC1CCCCC1.CNC(=O)C(CC1CCNC1=O)NC. The van der Waals surface area contributed by atoms with Crippen LogP contribution in [0.1, 0.15) is 72.6 Å². The smallest absolute Gasteiger partial charge is 0.408 e. The molecule has 1 saturated carbocycles. The van der Waals surface area contributed by atoms with E-state index >= 15 is 0 Å². The van der Waals surface area contributed by atoms with Crippen LogP contribution in [-0.2, 0) is 19.1 Å². The number of rotatable bonds is 6. The van der Waals surface area contributed by atoms with E-state index in [1.807, 2.05) is 0 Å². The van der Waals surface area contributed by atoms with Gasteiger partial charge in [0.05, 0.1) is 12.6 Å². The fourth-order valence-electron chi connectivity index (χ4n) is 3.43. The van der Waals surface area contributed by atoms with E-state index in [1.165, 1.54) is 32.1 Å². The van der Waals surface area contributed by atoms with Gasteiger partial charge in [-0.15, -0.1) is 0 Å². The van der Waals surface area contributed by atoms with Gasteiger partial charge < -0.3 is 30.8 Å². The molecular weight excluding hydrogens is 412 g/mol. The molecule has 0 bridgehead atoms. The first-order valence-corrected chi connectivity index (χ1v) is 11.6. The minimum Gasteiger partial charge on any atom is -0.444 e. The third-order valence-corrected chi connectivity index (χ3v) is 5.22. The van der Waals surface area contributed by atoms with Crippen LogP contribution in [-0.4, -0.2) is 63.0 Å². The first kappa shape index (κ1) is 29.8. The van der Waals surface area contributed by atoms with Crippen molar-refractivity contribution in [1.29, 1.82) is 0 Å². The van der Waals surface area contributed by atoms with Crippen LogP contribution in [0.2, 0.25) is 0 Å². The summed E-state index contributed by atoms with van der Waals surface area (Å²) in [6.45, 7) is 8.36. The van der Waals surface area contributed by atoms with Crippen molar-refractivity contribution in [3.8, 4) is 0 Å². The van der Waals surface area contributed by atoms with Gasteiger partial charge in [-0.1, -0.05) is 39.0 Å². The van der Waals surface area contributed by atoms with Crippen LogP contribution in [0, 0.1) is 11.8 Å². The molecule has 2 unspecified atom stereocenters. The summed E-state index contributed by atoms with van der Waals surface area (Å²) in [5.41, 5.74) is -0.507. The molecule has 0 spiro atoms. The summed E-state index contributed by atoms with van der Waals surface area (Å²) < 4.78 is 4.83. The molecule has 0 aromatic rings. The van der Waals surface area contributed by atoms with Gasteiger partial charge >= 0.3 is 6.09 Å². The van der Waals surface area contributed by atoms with E-state index < -0.39 is 11.7 Å². The molecule has 2 aliphatic rings. The molecule has 1 aliphatic heterocycles. The van der Waals surface area contributed by atoms with Gasteiger partial charge in [0, 0.05) is 19.5 Å². The molecule has 2 rings (SSSR count). The Bertz CT molecular complexity index is 571. The van der Waals surface area contributed by atoms with E-state index in [1.54, 1.807) is 34.9 Å². The molecule has 2 atom stereocenters. The highest BCUT2D eigenvalue weighted by molar-refractivity contribution is 5.84. The molecular formula is C23H44N4O5. The zero-order chi connectivity index (χ0) is 24.6. The van der Waals surface area contributed by atoms with Crippen LogP contribution in [0.5, 0.6) is 0 Å². The maximum absolute atomic E-state index is 11.3. The molecule has 186 valence electrons. The summed E-state index contributed by atoms with van der Waals surface area (Å²) in [7, 11) is 3.33. The number of carbonyl (C=O) groups excluding carboxylic acids is 4. The van der Waals surface area contributed by atoms with Crippen LogP contribution in [0.3, 0.4) is 0 Å². The third-order valence-electron chi connectivity index (χ3n) is 5.22. The predicted molar refractivity (Wildman–Crippen MR) is 125 cm³/mol. The normalized spacial score (nSPS) is 19.2. The molecule has 1 saturated heterocycles. The Morgan fingerprint density at radius 1 is 1.16 bits per heavy atom. The average molecular weight is 457 g/mol. The Balaban J connectivity index is 0.000000476. The van der Waals surface area contributed by atoms with Crippen molar-refractivity contribution in [2.24, 2.45) is 11.8 Å². The average Bonchev–Trinajstić information content (AvgIpc) is 3.14. The highest BCUT2D eigenvalue weighted by Crippen LogP contribution is 2.22. The zero-order valence-corrected chi connectivity index (χ0v) is 20.7. The van der Waals surface area contributed by atoms with E-state index in [9.17, 15) is 19.2 Å². The summed E-state index contributed by atoms with van der Waals surface area (Å²) in [4.78, 5) is 43.1. The summed E-state index contributed by atoms with van der Waals surface area (Å²) in [5, 5.41) is 10.5. The standard InChI is InChI=1S/C9H17N3O2.C7H13NO3.C7H14/c1-10-7(9(14)11-2)5-6-3-4-12-8(6)13;1-7(2,3)11-6(10)8-4-5-9;1-7-5-3-2-4-6-7/h6-7,10H,3-5H2,1-2H3,(H,11,14)(H,12,13);5H,4H2,1-3H3,(H,8,10);7H,2-6H2,1H3. The van der Waals surface area contributed by atoms with E-state index in [-0.39, 0.29) is 30.3 Å². The van der Waals surface area contributed by atoms with E-state index in [0.717, 1.165) is 18.9 Å². The molecule has 1 aliphatic carbocycles. The first-order valence-electron chi connectivity index (χ1n) is 11.6. The lowest BCUT2D eigenvalue weighted by Crippen LogP contribution is -2.43. The number of aldehydes is 1. The van der Waals surface area contributed by atoms with Crippen molar-refractivity contribution < 1.29 is 23.9 Å². The summed E-state index contributed by atoms with van der Waals surface area (Å²) in [6.07, 6.45) is 8.87. The molecule has 0 aromatic carbocycles. The maximum Gasteiger partial charge on any atom is 0.408 e. The fourth-order valence-corrected chi connectivity index (χ4v) is 3.43. The van der Waals surface area contributed by atoms with E-state index in [0.29, 0.717) is 12.7 Å². The molecule has 4 N–H and O–H groups in total. The minimum absolute atomic E-state index is 0.00505. The number of ether oxygens (including phenoxy) is 1. The number of amides is 3. The lowest BCUT2D eigenvalue weighted by atomic mass is 9.91. The Kier molecular flexibility index (Phi) is 15.4. The number of alkyl carbamates (subject to hydrolysis) is 1. The molecule has 2 fully saturated rings. The number of carbonyl (C=O) groups is 4. The Labute approximate surface area is 193 Å². The topological polar surface area (TPSA) is 126 Å². The number of hydrogen-bond donors (Lipinski definition) is 4. The summed E-state index contributed by atoms with van der Waals surface area (Å²) >= 11 is 0. The minimum atomic E-state index is -0.565. The Morgan fingerprint density at radius 2 is 1.78 bits per heavy atom. The van der Waals surface area contributed by atoms with Gasteiger partial charge in [0.2, 0.25) is 11.8 Å². The molecule has 32 heavy (non-hydrogen) atoms. The maximum atomic E-state index is 11.3. The van der Waals surface area contributed by atoms with Crippen LogP contribution in [0.25, 0.3) is 0 Å². The second kappa shape index (κ2) is 16.5. The highest BCUT2D eigenvalue weighted by Gasteiger charge is 2.29. The van der Waals surface area contributed by atoms with Gasteiger partial charge in [-0.2, -0.15) is 0 Å². The monoisotopic (exact) mass is 456 g/mol. The van der Waals surface area contributed by atoms with E-state index in [2.05, 4.69) is 28.2 Å². The summed E-state index contributed by atoms with van der Waals surface area (Å²) in [5.74, 6) is 1.01. The molecule has 1 heterocycles. The second-order valence-electron chi connectivity index (χ2n) is 9.26. The molecule has 0 aromatic heterocycles. The molecule has 9 nitrogen and oxygen atoms in total. The lowest BCUT2D eigenvalue weighted by Gasteiger charge is -2.18. The van der Waals surface area contributed by atoms with Gasteiger partial charge in [-0.25, -0.2) is 4.79 Å². The first-order chi connectivity index (χ1) is 15.0. The van der Waals surface area contributed by atoms with Gasteiger partial charge in [0.25, 0.3) is 0 Å². The second-order valence-corrected chi connectivity index (χ2v) is 9.26. The lowest BCUT2D eigenvalue weighted by molar-refractivity contribution is -0.125. The van der Waals surface area contributed by atoms with Crippen LogP contribution >= 0.6 is 0 Å².